The molecule has 1 aliphatic rings. The summed E-state index contributed by atoms with van der Waals surface area (Å²) in [7, 11) is 0. The van der Waals surface area contributed by atoms with Crippen molar-refractivity contribution < 1.29 is 0 Å². The van der Waals surface area contributed by atoms with Gasteiger partial charge in [0.15, 0.2) is 0 Å². The highest BCUT2D eigenvalue weighted by molar-refractivity contribution is 6.08. The molecule has 1 aliphatic carbocycles. The molecule has 18 heavy (non-hydrogen) atoms. The Kier molecular flexibility index (Phi) is 2.46. The van der Waals surface area contributed by atoms with Gasteiger partial charge >= 0.3 is 0 Å². The van der Waals surface area contributed by atoms with Gasteiger partial charge in [-0.3, -0.25) is 0 Å². The van der Waals surface area contributed by atoms with Crippen LogP contribution in [0, 0.1) is 22.7 Å². The summed E-state index contributed by atoms with van der Waals surface area (Å²) < 4.78 is 0. The molecule has 1 unspecified atom stereocenters. The Morgan fingerprint density at radius 3 is 2.28 bits per heavy atom. The number of nitrogens with one attached hydrogen (secondary N) is 1. The minimum absolute atomic E-state index is 0.352. The van der Waals surface area contributed by atoms with Crippen molar-refractivity contribution in [3.8, 4) is 17.2 Å². The zero-order valence-electron chi connectivity index (χ0n) is 9.85. The number of benzene rings is 2. The molecule has 86 valence electrons. The van der Waals surface area contributed by atoms with Crippen molar-refractivity contribution >= 4 is 5.71 Å². The van der Waals surface area contributed by atoms with Crippen LogP contribution < -0.4 is 0 Å². The smallest absolute Gasteiger partial charge is 0.0924 e. The molecule has 0 radical (unpaired) electrons. The summed E-state index contributed by atoms with van der Waals surface area (Å²) in [5.41, 5.74) is 4.68. The van der Waals surface area contributed by atoms with Gasteiger partial charge in [-0.2, -0.15) is 5.26 Å². The first-order valence-corrected chi connectivity index (χ1v) is 5.97. The Labute approximate surface area is 106 Å². The first-order valence-electron chi connectivity index (χ1n) is 5.97. The number of nitrogens with zero attached hydrogens (tertiary/aromatic N) is 1. The van der Waals surface area contributed by atoms with E-state index in [9.17, 15) is 5.26 Å². The van der Waals surface area contributed by atoms with Gasteiger partial charge in [0.25, 0.3) is 0 Å². The largest absolute Gasteiger partial charge is 0.303 e. The maximum absolute atomic E-state index is 9.25. The van der Waals surface area contributed by atoms with Crippen molar-refractivity contribution in [1.29, 1.82) is 10.7 Å². The van der Waals surface area contributed by atoms with Crippen LogP contribution in [0.25, 0.3) is 11.1 Å². The molecule has 2 aromatic rings. The molecule has 0 saturated carbocycles. The van der Waals surface area contributed by atoms with E-state index in [1.165, 1.54) is 0 Å². The summed E-state index contributed by atoms with van der Waals surface area (Å²) in [6, 6.07) is 18.2. The maximum Gasteiger partial charge on any atom is 0.0924 e. The molecule has 2 heteroatoms. The average Bonchev–Trinajstić information content (AvgIpc) is 2.55. The van der Waals surface area contributed by atoms with Gasteiger partial charge in [0.1, 0.15) is 0 Å². The number of hydrogen-bond acceptors (Lipinski definition) is 2. The predicted molar refractivity (Wildman–Crippen MR) is 71.5 cm³/mol. The zero-order chi connectivity index (χ0) is 12.5. The third-order valence-corrected chi connectivity index (χ3v) is 3.45. The topological polar surface area (TPSA) is 47.6 Å². The number of hydrogen-bond donors (Lipinski definition) is 1. The molecule has 0 aliphatic heterocycles. The molecule has 0 saturated heterocycles. The van der Waals surface area contributed by atoms with E-state index in [1.54, 1.807) is 0 Å². The van der Waals surface area contributed by atoms with Crippen LogP contribution in [0.1, 0.15) is 11.1 Å². The SMILES string of the molecule is N#CC1Cc2ccccc2-c2ccccc2C1=N. The van der Waals surface area contributed by atoms with E-state index in [4.69, 9.17) is 5.41 Å². The Balaban J connectivity index is 2.33. The second-order valence-corrected chi connectivity index (χ2v) is 4.50. The molecule has 0 aromatic heterocycles. The monoisotopic (exact) mass is 232 g/mol. The fourth-order valence-electron chi connectivity index (χ4n) is 2.53. The molecule has 0 amide bonds. The van der Waals surface area contributed by atoms with Gasteiger partial charge in [-0.25, -0.2) is 0 Å². The highest BCUT2D eigenvalue weighted by Crippen LogP contribution is 2.33. The summed E-state index contributed by atoms with van der Waals surface area (Å²) in [4.78, 5) is 0. The van der Waals surface area contributed by atoms with Crippen LogP contribution in [-0.4, -0.2) is 5.71 Å². The molecular weight excluding hydrogens is 220 g/mol. The molecule has 0 fully saturated rings. The number of nitriles is 1. The van der Waals surface area contributed by atoms with Crippen LogP contribution in [-0.2, 0) is 6.42 Å². The summed E-state index contributed by atoms with van der Waals surface area (Å²) in [6.07, 6.45) is 0.625. The first-order chi connectivity index (χ1) is 8.81. The lowest BCUT2D eigenvalue weighted by molar-refractivity contribution is 0.865. The van der Waals surface area contributed by atoms with E-state index in [0.29, 0.717) is 12.1 Å². The quantitative estimate of drug-likeness (QED) is 0.743. The standard InChI is InChI=1S/C16H12N2/c17-10-12-9-11-5-1-2-6-13(11)14-7-3-4-8-15(14)16(12)18/h1-8,12,18H,9H2. The van der Waals surface area contributed by atoms with Crippen LogP contribution in [0.15, 0.2) is 48.5 Å². The van der Waals surface area contributed by atoms with E-state index >= 15 is 0 Å². The second-order valence-electron chi connectivity index (χ2n) is 4.50. The van der Waals surface area contributed by atoms with Gasteiger partial charge in [0.2, 0.25) is 0 Å². The van der Waals surface area contributed by atoms with E-state index in [2.05, 4.69) is 18.2 Å². The van der Waals surface area contributed by atoms with Crippen molar-refractivity contribution in [2.45, 2.75) is 6.42 Å². The molecule has 0 spiro atoms. The molecule has 2 aromatic carbocycles. The molecule has 2 nitrogen and oxygen atoms in total. The Hall–Kier alpha value is -2.40. The lowest BCUT2D eigenvalue weighted by atomic mass is 9.94. The number of fused-ring (bicyclic) bond motifs is 3. The van der Waals surface area contributed by atoms with Gasteiger partial charge in [0.05, 0.1) is 17.7 Å². The number of rotatable bonds is 0. The lowest BCUT2D eigenvalue weighted by Crippen LogP contribution is -2.14. The summed E-state index contributed by atoms with van der Waals surface area (Å²) >= 11 is 0. The Morgan fingerprint density at radius 2 is 1.56 bits per heavy atom. The van der Waals surface area contributed by atoms with Crippen LogP contribution in [0.5, 0.6) is 0 Å². The van der Waals surface area contributed by atoms with Crippen molar-refractivity contribution in [2.75, 3.05) is 0 Å². The van der Waals surface area contributed by atoms with Gasteiger partial charge in [-0.1, -0.05) is 48.5 Å². The van der Waals surface area contributed by atoms with Gasteiger partial charge in [0, 0.05) is 5.56 Å². The molecule has 1 atom stereocenters. The Morgan fingerprint density at radius 1 is 0.944 bits per heavy atom. The molecule has 0 bridgehead atoms. The molecule has 3 rings (SSSR count). The van der Waals surface area contributed by atoms with Crippen molar-refractivity contribution in [3.05, 3.63) is 59.7 Å². The van der Waals surface area contributed by atoms with E-state index in [-0.39, 0.29) is 5.92 Å². The minimum atomic E-state index is -0.352. The van der Waals surface area contributed by atoms with E-state index < -0.39 is 0 Å². The van der Waals surface area contributed by atoms with Gasteiger partial charge in [-0.15, -0.1) is 0 Å². The normalized spacial score (nSPS) is 17.3. The third kappa shape index (κ3) is 1.53. The van der Waals surface area contributed by atoms with Crippen LogP contribution >= 0.6 is 0 Å². The minimum Gasteiger partial charge on any atom is -0.303 e. The summed E-state index contributed by atoms with van der Waals surface area (Å²) in [6.45, 7) is 0. The fraction of sp³-hybridized carbons (Fsp3) is 0.125. The fourth-order valence-corrected chi connectivity index (χ4v) is 2.53. The Bertz CT molecular complexity index is 665. The van der Waals surface area contributed by atoms with Crippen molar-refractivity contribution in [2.24, 2.45) is 5.92 Å². The highest BCUT2D eigenvalue weighted by Gasteiger charge is 2.24. The maximum atomic E-state index is 9.25. The van der Waals surface area contributed by atoms with Gasteiger partial charge < -0.3 is 5.41 Å². The van der Waals surface area contributed by atoms with Crippen molar-refractivity contribution in [1.82, 2.24) is 0 Å². The van der Waals surface area contributed by atoms with Gasteiger partial charge in [-0.05, 0) is 23.1 Å². The van der Waals surface area contributed by atoms with Crippen molar-refractivity contribution in [3.63, 3.8) is 0 Å². The summed E-state index contributed by atoms with van der Waals surface area (Å²) in [5.74, 6) is -0.352. The zero-order valence-corrected chi connectivity index (χ0v) is 9.85. The second kappa shape index (κ2) is 4.12. The molecule has 1 N–H and O–H groups in total. The third-order valence-electron chi connectivity index (χ3n) is 3.45. The first kappa shape index (κ1) is 10.7. The van der Waals surface area contributed by atoms with E-state index in [0.717, 1.165) is 22.3 Å². The predicted octanol–water partition coefficient (Wildman–Crippen LogP) is 3.42. The van der Waals surface area contributed by atoms with Crippen LogP contribution in [0.3, 0.4) is 0 Å². The lowest BCUT2D eigenvalue weighted by Gasteiger charge is -2.08. The van der Waals surface area contributed by atoms with Crippen LogP contribution in [0.2, 0.25) is 0 Å². The molecular formula is C16H12N2. The highest BCUT2D eigenvalue weighted by atomic mass is 14.5. The van der Waals surface area contributed by atoms with Crippen LogP contribution in [0.4, 0.5) is 0 Å². The van der Waals surface area contributed by atoms with E-state index in [1.807, 2.05) is 36.4 Å². The molecule has 0 heterocycles. The summed E-state index contributed by atoms with van der Waals surface area (Å²) in [5, 5.41) is 17.5. The average molecular weight is 232 g/mol.